The summed E-state index contributed by atoms with van der Waals surface area (Å²) in [6.07, 6.45) is 2.49. The number of carbonyl (C=O) groups is 2. The van der Waals surface area contributed by atoms with Gasteiger partial charge in [0.15, 0.2) is 10.9 Å². The lowest BCUT2D eigenvalue weighted by atomic mass is 10.2. The van der Waals surface area contributed by atoms with E-state index in [4.69, 9.17) is 9.15 Å². The van der Waals surface area contributed by atoms with Crippen molar-refractivity contribution < 1.29 is 18.7 Å². The molecular weight excluding hydrogens is 454 g/mol. The van der Waals surface area contributed by atoms with Crippen LogP contribution in [0.5, 0.6) is 0 Å². The fraction of sp³-hybridized carbons (Fsp3) is 0.417. The van der Waals surface area contributed by atoms with Gasteiger partial charge in [0.05, 0.1) is 18.6 Å². The predicted octanol–water partition coefficient (Wildman–Crippen LogP) is 4.01. The fourth-order valence-corrected chi connectivity index (χ4v) is 4.72. The number of amides is 2. The molecule has 34 heavy (non-hydrogen) atoms. The van der Waals surface area contributed by atoms with Crippen molar-refractivity contribution in [3.8, 4) is 17.3 Å². The smallest absolute Gasteiger partial charge is 0.409 e. The molecule has 2 aromatic heterocycles. The number of furan rings is 1. The highest BCUT2D eigenvalue weighted by molar-refractivity contribution is 7.99. The van der Waals surface area contributed by atoms with E-state index in [9.17, 15) is 9.59 Å². The zero-order valence-corrected chi connectivity index (χ0v) is 20.3. The lowest BCUT2D eigenvalue weighted by Gasteiger charge is -2.34. The van der Waals surface area contributed by atoms with Crippen LogP contribution < -0.4 is 0 Å². The van der Waals surface area contributed by atoms with Crippen molar-refractivity contribution in [3.63, 3.8) is 0 Å². The molecule has 1 aliphatic rings. The van der Waals surface area contributed by atoms with Gasteiger partial charge < -0.3 is 19.0 Å². The largest absolute Gasteiger partial charge is 0.461 e. The number of ether oxygens (including phenoxy) is 1. The molecule has 9 nitrogen and oxygen atoms in total. The normalized spacial score (nSPS) is 13.8. The molecule has 1 fully saturated rings. The summed E-state index contributed by atoms with van der Waals surface area (Å²) in [5.74, 6) is 2.14. The molecule has 0 radical (unpaired) electrons. The first kappa shape index (κ1) is 23.9. The summed E-state index contributed by atoms with van der Waals surface area (Å²) in [6.45, 7) is 6.29. The maximum Gasteiger partial charge on any atom is 0.409 e. The van der Waals surface area contributed by atoms with Crippen LogP contribution in [0.4, 0.5) is 4.79 Å². The quantitative estimate of drug-likeness (QED) is 0.353. The third-order valence-electron chi connectivity index (χ3n) is 5.56. The second-order valence-corrected chi connectivity index (χ2v) is 9.04. The van der Waals surface area contributed by atoms with Crippen molar-refractivity contribution in [2.75, 3.05) is 38.5 Å². The second-order valence-electron chi connectivity index (χ2n) is 7.98. The van der Waals surface area contributed by atoms with Gasteiger partial charge in [-0.1, -0.05) is 23.9 Å². The zero-order chi connectivity index (χ0) is 23.9. The lowest BCUT2D eigenvalue weighted by molar-refractivity contribution is -0.132. The van der Waals surface area contributed by atoms with E-state index in [1.807, 2.05) is 46.7 Å². The summed E-state index contributed by atoms with van der Waals surface area (Å²) in [5.41, 5.74) is 2.11. The average Bonchev–Trinajstić information content (AvgIpc) is 3.52. The molecule has 0 aliphatic carbocycles. The Morgan fingerprint density at radius 1 is 1.09 bits per heavy atom. The van der Waals surface area contributed by atoms with Crippen molar-refractivity contribution in [2.24, 2.45) is 0 Å². The van der Waals surface area contributed by atoms with Crippen LogP contribution in [0, 0.1) is 6.92 Å². The van der Waals surface area contributed by atoms with E-state index in [1.54, 1.807) is 29.8 Å². The predicted molar refractivity (Wildman–Crippen MR) is 129 cm³/mol. The molecule has 3 aromatic rings. The Balaban J connectivity index is 1.33. The van der Waals surface area contributed by atoms with Gasteiger partial charge in [-0.05, 0) is 50.1 Å². The molecule has 180 valence electrons. The molecule has 0 unspecified atom stereocenters. The van der Waals surface area contributed by atoms with Crippen LogP contribution in [0.15, 0.2) is 52.2 Å². The first-order valence-corrected chi connectivity index (χ1v) is 12.4. The van der Waals surface area contributed by atoms with E-state index < -0.39 is 0 Å². The lowest BCUT2D eigenvalue weighted by Crippen LogP contribution is -2.50. The van der Waals surface area contributed by atoms with Gasteiger partial charge in [0.25, 0.3) is 0 Å². The number of aryl methyl sites for hydroxylation is 1. The number of thioether (sulfide) groups is 1. The summed E-state index contributed by atoms with van der Waals surface area (Å²) in [5, 5.41) is 9.52. The molecule has 0 saturated carbocycles. The van der Waals surface area contributed by atoms with Crippen molar-refractivity contribution in [1.29, 1.82) is 0 Å². The molecule has 10 heteroatoms. The molecule has 1 aliphatic heterocycles. The highest BCUT2D eigenvalue weighted by Crippen LogP contribution is 2.29. The zero-order valence-electron chi connectivity index (χ0n) is 19.5. The summed E-state index contributed by atoms with van der Waals surface area (Å²) in [6, 6.07) is 11.9. The minimum atomic E-state index is -0.308. The van der Waals surface area contributed by atoms with Crippen LogP contribution >= 0.6 is 11.8 Å². The van der Waals surface area contributed by atoms with E-state index in [1.165, 1.54) is 0 Å². The number of carbonyl (C=O) groups excluding carboxylic acids is 2. The van der Waals surface area contributed by atoms with Crippen LogP contribution in [-0.2, 0) is 9.53 Å². The average molecular weight is 484 g/mol. The van der Waals surface area contributed by atoms with Crippen LogP contribution in [-0.4, -0.2) is 75.1 Å². The molecule has 4 rings (SSSR count). The number of rotatable bonds is 8. The Kier molecular flexibility index (Phi) is 7.89. The minimum absolute atomic E-state index is 0.112. The topological polar surface area (TPSA) is 93.7 Å². The Hall–Kier alpha value is -3.27. The summed E-state index contributed by atoms with van der Waals surface area (Å²) >= 11 is 1.57. The standard InChI is InChI=1S/C24H29N5O4S/c1-3-32-24(31)28-13-11-27(12-14-28)21(30)10-6-16-34-23-26-25-22(20-9-5-15-33-20)29(23)19-8-4-7-18(2)17-19/h4-5,7-9,15,17H,3,6,10-14,16H2,1-2H3. The second kappa shape index (κ2) is 11.2. The number of hydrogen-bond donors (Lipinski definition) is 0. The van der Waals surface area contributed by atoms with Crippen molar-refractivity contribution in [3.05, 3.63) is 48.2 Å². The molecule has 0 atom stereocenters. The minimum Gasteiger partial charge on any atom is -0.461 e. The first-order valence-electron chi connectivity index (χ1n) is 11.5. The van der Waals surface area contributed by atoms with Gasteiger partial charge >= 0.3 is 6.09 Å². The van der Waals surface area contributed by atoms with E-state index in [0.29, 0.717) is 50.8 Å². The molecule has 0 spiro atoms. The summed E-state index contributed by atoms with van der Waals surface area (Å²) in [7, 11) is 0. The van der Waals surface area contributed by atoms with Gasteiger partial charge in [0.2, 0.25) is 11.7 Å². The number of piperazine rings is 1. The van der Waals surface area contributed by atoms with Gasteiger partial charge in [-0.25, -0.2) is 4.79 Å². The Labute approximate surface area is 203 Å². The first-order chi connectivity index (χ1) is 16.6. The molecule has 0 N–H and O–H groups in total. The monoisotopic (exact) mass is 483 g/mol. The third-order valence-corrected chi connectivity index (χ3v) is 6.57. The highest BCUT2D eigenvalue weighted by atomic mass is 32.2. The molecule has 3 heterocycles. The van der Waals surface area contributed by atoms with Gasteiger partial charge in [-0.3, -0.25) is 9.36 Å². The highest BCUT2D eigenvalue weighted by Gasteiger charge is 2.24. The van der Waals surface area contributed by atoms with Crippen molar-refractivity contribution >= 4 is 23.8 Å². The van der Waals surface area contributed by atoms with Crippen LogP contribution in [0.25, 0.3) is 17.3 Å². The van der Waals surface area contributed by atoms with Crippen LogP contribution in [0.3, 0.4) is 0 Å². The Morgan fingerprint density at radius 3 is 2.59 bits per heavy atom. The van der Waals surface area contributed by atoms with Gasteiger partial charge in [-0.2, -0.15) is 0 Å². The van der Waals surface area contributed by atoms with E-state index in [0.717, 1.165) is 28.6 Å². The van der Waals surface area contributed by atoms with E-state index in [2.05, 4.69) is 16.3 Å². The SMILES string of the molecule is CCOC(=O)N1CCN(C(=O)CCCSc2nnc(-c3ccco3)n2-c2cccc(C)c2)CC1. The van der Waals surface area contributed by atoms with E-state index >= 15 is 0 Å². The molecule has 1 aromatic carbocycles. The van der Waals surface area contributed by atoms with Crippen molar-refractivity contribution in [1.82, 2.24) is 24.6 Å². The summed E-state index contributed by atoms with van der Waals surface area (Å²) < 4.78 is 12.6. The van der Waals surface area contributed by atoms with E-state index in [-0.39, 0.29) is 12.0 Å². The number of nitrogens with zero attached hydrogens (tertiary/aromatic N) is 5. The van der Waals surface area contributed by atoms with Gasteiger partial charge in [0.1, 0.15) is 0 Å². The maximum absolute atomic E-state index is 12.6. The van der Waals surface area contributed by atoms with Crippen LogP contribution in [0.1, 0.15) is 25.3 Å². The maximum atomic E-state index is 12.6. The van der Waals surface area contributed by atoms with Gasteiger partial charge in [0, 0.05) is 38.4 Å². The van der Waals surface area contributed by atoms with Crippen LogP contribution in [0.2, 0.25) is 0 Å². The molecule has 0 bridgehead atoms. The Morgan fingerprint density at radius 2 is 1.88 bits per heavy atom. The third kappa shape index (κ3) is 5.61. The van der Waals surface area contributed by atoms with Gasteiger partial charge in [-0.15, -0.1) is 10.2 Å². The summed E-state index contributed by atoms with van der Waals surface area (Å²) in [4.78, 5) is 27.9. The Bertz CT molecular complexity index is 1110. The number of hydrogen-bond acceptors (Lipinski definition) is 7. The number of benzene rings is 1. The molecular formula is C24H29N5O4S. The fourth-order valence-electron chi connectivity index (χ4n) is 3.83. The number of aromatic nitrogens is 3. The molecule has 2 amide bonds. The van der Waals surface area contributed by atoms with Crippen molar-refractivity contribution in [2.45, 2.75) is 31.8 Å². The molecule has 1 saturated heterocycles.